The topological polar surface area (TPSA) is 55.4 Å². The van der Waals surface area contributed by atoms with Gasteiger partial charge in [-0.05, 0) is 16.7 Å². The van der Waals surface area contributed by atoms with Crippen molar-refractivity contribution >= 4 is 37.0 Å². The molecule has 1 amide bonds. The van der Waals surface area contributed by atoms with Gasteiger partial charge in [-0.3, -0.25) is 4.79 Å². The number of hydrogen-bond donors (Lipinski definition) is 1. The van der Waals surface area contributed by atoms with Crippen LogP contribution in [0.2, 0.25) is 0 Å². The number of benzene rings is 1. The summed E-state index contributed by atoms with van der Waals surface area (Å²) in [6.45, 7) is 1.65. The first-order chi connectivity index (χ1) is 7.18. The van der Waals surface area contributed by atoms with Crippen molar-refractivity contribution < 1.29 is 13.9 Å². The molecule has 0 aromatic heterocycles. The molecule has 1 unspecified atom stereocenters. The Morgan fingerprint density at radius 2 is 2.00 bits per heavy atom. The van der Waals surface area contributed by atoms with Crippen LogP contribution in [0.15, 0.2) is 30.3 Å². The Labute approximate surface area is 106 Å². The average Bonchev–Trinajstić information content (AvgIpc) is 2.18. The molecule has 0 aliphatic rings. The third kappa shape index (κ3) is 6.71. The molecule has 0 heterocycles. The van der Waals surface area contributed by atoms with Gasteiger partial charge in [0.15, 0.2) is 24.0 Å². The molecule has 0 fully saturated rings. The zero-order chi connectivity index (χ0) is 11.1. The van der Waals surface area contributed by atoms with Gasteiger partial charge < -0.3 is 5.32 Å². The van der Waals surface area contributed by atoms with Crippen molar-refractivity contribution in [3.8, 4) is 0 Å². The quantitative estimate of drug-likeness (QED) is 0.636. The van der Waals surface area contributed by atoms with Gasteiger partial charge in [0.25, 0.3) is 0 Å². The van der Waals surface area contributed by atoms with E-state index in [0.29, 0.717) is 0 Å². The maximum Gasteiger partial charge on any atom is 0.504 e. The molecule has 0 aliphatic heterocycles. The van der Waals surface area contributed by atoms with Crippen LogP contribution in [0.5, 0.6) is 0 Å². The molecule has 0 saturated heterocycles. The highest BCUT2D eigenvalue weighted by Crippen LogP contribution is 2.15. The largest absolute Gasteiger partial charge is 0.504 e. The van der Waals surface area contributed by atoms with Gasteiger partial charge >= 0.3 is 8.03 Å². The lowest BCUT2D eigenvalue weighted by atomic mass is 10.3. The first kappa shape index (κ1) is 15.3. The van der Waals surface area contributed by atoms with Gasteiger partial charge in [-0.15, -0.1) is 4.52 Å². The van der Waals surface area contributed by atoms with Crippen molar-refractivity contribution in [2.75, 3.05) is 18.6 Å². The van der Waals surface area contributed by atoms with E-state index in [4.69, 9.17) is 4.52 Å². The number of carbonyl (C=O) groups excluding carboxylic acids is 1. The standard InChI is InChI=1S/C10H12NO3P.Al.3H/c1-15(13)14-8-7-10(12)11-9-5-3-2-4-6-9;;;;/h2-6H,7-8H2,1H3;;;;/p+1. The number of anilines is 1. The summed E-state index contributed by atoms with van der Waals surface area (Å²) >= 11 is 0. The number of carbonyl (C=O) groups is 1. The summed E-state index contributed by atoms with van der Waals surface area (Å²) in [5.41, 5.74) is 0.753. The molecule has 1 N–H and O–H groups in total. The smallest absolute Gasteiger partial charge is 0.326 e. The second-order valence-electron chi connectivity index (χ2n) is 2.94. The van der Waals surface area contributed by atoms with Gasteiger partial charge in [0, 0.05) is 5.69 Å². The minimum absolute atomic E-state index is 0. The molecule has 0 saturated carbocycles. The van der Waals surface area contributed by atoms with Crippen LogP contribution in [0.1, 0.15) is 6.42 Å². The van der Waals surface area contributed by atoms with Crippen LogP contribution in [0, 0.1) is 0 Å². The SMILES string of the molecule is C[P+](=O)OCCC(=O)Nc1ccccc1.[AlH3]. The van der Waals surface area contributed by atoms with Gasteiger partial charge in [-0.2, -0.15) is 0 Å². The van der Waals surface area contributed by atoms with Crippen LogP contribution in [-0.4, -0.2) is 36.5 Å². The molecule has 0 spiro atoms. The van der Waals surface area contributed by atoms with Crippen LogP contribution in [-0.2, 0) is 13.9 Å². The summed E-state index contributed by atoms with van der Waals surface area (Å²) in [7, 11) is -1.62. The predicted molar refractivity (Wildman–Crippen MR) is 69.1 cm³/mol. The third-order valence-corrected chi connectivity index (χ3v) is 2.21. The molecule has 4 nitrogen and oxygen atoms in total. The average molecular weight is 256 g/mol. The Bertz CT molecular complexity index is 345. The molecule has 1 aromatic rings. The summed E-state index contributed by atoms with van der Waals surface area (Å²) in [5.74, 6) is -0.141. The Balaban J connectivity index is 0.00000225. The van der Waals surface area contributed by atoms with Crippen molar-refractivity contribution in [1.29, 1.82) is 0 Å². The van der Waals surface area contributed by atoms with Gasteiger partial charge in [0.05, 0.1) is 6.42 Å². The molecule has 6 heteroatoms. The molecule has 86 valence electrons. The van der Waals surface area contributed by atoms with E-state index in [-0.39, 0.29) is 36.3 Å². The van der Waals surface area contributed by atoms with Crippen molar-refractivity contribution in [3.63, 3.8) is 0 Å². The van der Waals surface area contributed by atoms with E-state index in [0.717, 1.165) is 5.69 Å². The molecule has 0 aliphatic carbocycles. The number of nitrogens with one attached hydrogen (secondary N) is 1. The lowest BCUT2D eigenvalue weighted by Gasteiger charge is -2.02. The lowest BCUT2D eigenvalue weighted by molar-refractivity contribution is -0.116. The second kappa shape index (κ2) is 8.44. The van der Waals surface area contributed by atoms with Crippen LogP contribution in [0.3, 0.4) is 0 Å². The highest BCUT2D eigenvalue weighted by molar-refractivity contribution is 7.38. The van der Waals surface area contributed by atoms with E-state index in [1.807, 2.05) is 18.2 Å². The molecule has 0 radical (unpaired) electrons. The summed E-state index contributed by atoms with van der Waals surface area (Å²) < 4.78 is 15.4. The van der Waals surface area contributed by atoms with E-state index in [1.165, 1.54) is 6.66 Å². The normalized spacial score (nSPS) is 10.2. The number of hydrogen-bond acceptors (Lipinski definition) is 3. The fourth-order valence-corrected chi connectivity index (χ4v) is 1.36. The monoisotopic (exact) mass is 256 g/mol. The highest BCUT2D eigenvalue weighted by Gasteiger charge is 2.09. The van der Waals surface area contributed by atoms with Crippen LogP contribution in [0.4, 0.5) is 5.69 Å². The van der Waals surface area contributed by atoms with E-state index in [1.54, 1.807) is 12.1 Å². The lowest BCUT2D eigenvalue weighted by Crippen LogP contribution is -2.13. The minimum atomic E-state index is -1.62. The van der Waals surface area contributed by atoms with Gasteiger partial charge in [-0.1, -0.05) is 18.2 Å². The second-order valence-corrected chi connectivity index (χ2v) is 4.07. The summed E-state index contributed by atoms with van der Waals surface area (Å²) in [6.07, 6.45) is 0.212. The summed E-state index contributed by atoms with van der Waals surface area (Å²) in [6, 6.07) is 9.17. The van der Waals surface area contributed by atoms with Crippen LogP contribution >= 0.6 is 8.03 Å². The Hall–Kier alpha value is -0.718. The Morgan fingerprint density at radius 1 is 1.38 bits per heavy atom. The molecular weight excluding hydrogens is 240 g/mol. The first-order valence-corrected chi connectivity index (χ1v) is 6.19. The van der Waals surface area contributed by atoms with E-state index >= 15 is 0 Å². The van der Waals surface area contributed by atoms with Crippen molar-refractivity contribution in [3.05, 3.63) is 30.3 Å². The van der Waals surface area contributed by atoms with E-state index in [9.17, 15) is 9.36 Å². The maximum atomic E-state index is 11.3. The molecular formula is C10H16AlNO3P+. The molecule has 1 rings (SSSR count). The van der Waals surface area contributed by atoms with Crippen molar-refractivity contribution in [2.24, 2.45) is 0 Å². The predicted octanol–water partition coefficient (Wildman–Crippen LogP) is 1.22. The van der Waals surface area contributed by atoms with Crippen molar-refractivity contribution in [2.45, 2.75) is 6.42 Å². The van der Waals surface area contributed by atoms with Gasteiger partial charge in [0.2, 0.25) is 5.91 Å². The fourth-order valence-electron chi connectivity index (χ4n) is 1.01. The fraction of sp³-hybridized carbons (Fsp3) is 0.300. The summed E-state index contributed by atoms with van der Waals surface area (Å²) in [4.78, 5) is 11.3. The van der Waals surface area contributed by atoms with Crippen LogP contribution in [0.25, 0.3) is 0 Å². The van der Waals surface area contributed by atoms with Gasteiger partial charge in [-0.25, -0.2) is 0 Å². The van der Waals surface area contributed by atoms with E-state index in [2.05, 4.69) is 5.32 Å². The van der Waals surface area contributed by atoms with Crippen LogP contribution < -0.4 is 5.32 Å². The zero-order valence-electron chi connectivity index (χ0n) is 8.47. The number of rotatable bonds is 5. The number of para-hydroxylation sites is 1. The molecule has 0 bridgehead atoms. The Kier molecular flexibility index (Phi) is 8.06. The van der Waals surface area contributed by atoms with Crippen molar-refractivity contribution in [1.82, 2.24) is 0 Å². The molecule has 1 atom stereocenters. The van der Waals surface area contributed by atoms with E-state index < -0.39 is 8.03 Å². The highest BCUT2D eigenvalue weighted by atomic mass is 31.1. The molecule has 1 aromatic carbocycles. The first-order valence-electron chi connectivity index (χ1n) is 4.57. The maximum absolute atomic E-state index is 11.3. The Morgan fingerprint density at radius 3 is 2.56 bits per heavy atom. The molecule has 16 heavy (non-hydrogen) atoms. The number of amides is 1. The summed E-state index contributed by atoms with van der Waals surface area (Å²) in [5, 5.41) is 2.70. The zero-order valence-corrected chi connectivity index (χ0v) is 9.37. The minimum Gasteiger partial charge on any atom is -0.326 e. The third-order valence-electron chi connectivity index (χ3n) is 1.66. The van der Waals surface area contributed by atoms with Gasteiger partial charge in [0.1, 0.15) is 6.61 Å².